The number of imidazole rings is 1. The summed E-state index contributed by atoms with van der Waals surface area (Å²) in [4.78, 5) is 20.0. The molecule has 192 valence electrons. The number of alkyl halides is 5. The van der Waals surface area contributed by atoms with Gasteiger partial charge in [0.15, 0.2) is 0 Å². The maximum atomic E-state index is 13.5. The van der Waals surface area contributed by atoms with Crippen LogP contribution < -0.4 is 11.1 Å². The molecule has 2 amide bonds. The number of aromatic amines is 1. The van der Waals surface area contributed by atoms with Crippen LogP contribution in [0.15, 0.2) is 18.2 Å². The lowest BCUT2D eigenvalue weighted by Crippen LogP contribution is -2.56. The quantitative estimate of drug-likeness (QED) is 0.404. The topological polar surface area (TPSA) is 106 Å². The number of hydrogen-bond acceptors (Lipinski definition) is 5. The summed E-state index contributed by atoms with van der Waals surface area (Å²) in [6.45, 7) is -2.81. The molecule has 2 aliphatic rings. The highest BCUT2D eigenvalue weighted by molar-refractivity contribution is 5.77. The highest BCUT2D eigenvalue weighted by Gasteiger charge is 2.38. The third kappa shape index (κ3) is 9.39. The number of halogens is 5. The van der Waals surface area contributed by atoms with Crippen LogP contribution in [0.5, 0.6) is 0 Å². The van der Waals surface area contributed by atoms with E-state index in [0.29, 0.717) is 28.5 Å². The second-order valence-electron chi connectivity index (χ2n) is 7.76. The molecule has 2 aromatic rings. The number of ether oxygens (including phenoxy) is 2. The minimum Gasteiger partial charge on any atom is -0.381 e. The maximum Gasteiger partial charge on any atom is 0.411 e. The van der Waals surface area contributed by atoms with E-state index in [0.717, 1.165) is 4.90 Å². The smallest absolute Gasteiger partial charge is 0.381 e. The molecule has 1 aromatic heterocycles. The number of nitrogens with two attached hydrogens (primary N) is 1. The zero-order chi connectivity index (χ0) is 25.4. The van der Waals surface area contributed by atoms with E-state index in [9.17, 15) is 26.7 Å². The Hall–Kier alpha value is -2.51. The number of nitrogens with zero attached hydrogens (tertiary/aromatic N) is 2. The number of urea groups is 1. The van der Waals surface area contributed by atoms with Gasteiger partial charge in [0, 0.05) is 20.1 Å². The van der Waals surface area contributed by atoms with E-state index in [1.165, 1.54) is 19.9 Å². The normalized spacial score (nSPS) is 17.4. The van der Waals surface area contributed by atoms with Gasteiger partial charge in [-0.3, -0.25) is 0 Å². The molecule has 1 saturated heterocycles. The summed E-state index contributed by atoms with van der Waals surface area (Å²) in [5.41, 5.74) is 6.30. The maximum absolute atomic E-state index is 13.5. The average molecular weight is 495 g/mol. The number of benzene rings is 1. The molecule has 8 nitrogen and oxygen atoms in total. The van der Waals surface area contributed by atoms with Gasteiger partial charge in [0.2, 0.25) is 0 Å². The lowest BCUT2D eigenvalue weighted by atomic mass is 10.1. The Morgan fingerprint density at radius 3 is 2.56 bits per heavy atom. The van der Waals surface area contributed by atoms with Crippen LogP contribution in [-0.2, 0) is 22.4 Å². The van der Waals surface area contributed by atoms with Crippen LogP contribution in [0.25, 0.3) is 11.0 Å². The van der Waals surface area contributed by atoms with Crippen LogP contribution in [0, 0.1) is 0 Å². The van der Waals surface area contributed by atoms with Crippen LogP contribution in [0.4, 0.5) is 26.7 Å². The van der Waals surface area contributed by atoms with Crippen molar-refractivity contribution >= 4 is 17.1 Å². The van der Waals surface area contributed by atoms with Gasteiger partial charge in [-0.2, -0.15) is 13.2 Å². The molecule has 1 aliphatic carbocycles. The third-order valence-corrected chi connectivity index (χ3v) is 4.78. The van der Waals surface area contributed by atoms with E-state index in [1.807, 2.05) is 0 Å². The van der Waals surface area contributed by atoms with E-state index < -0.39 is 37.8 Å². The van der Waals surface area contributed by atoms with Crippen molar-refractivity contribution in [2.45, 2.75) is 44.0 Å². The standard InChI is InChI=1S/C16H17F5N4O2.C4H8O.CH5N/c17-15(18)7-22-14(26)25(8-15)6-10-1-2-11-12(5-10)24-13(23-11)3-4-27-9-16(19,20)21;1-5-4-2-3-4;1-2/h1-2,5H,3-4,6-9H2,(H,22,26)(H,23,24);4H,2-3H2,1H3;2H2,1H3. The number of methoxy groups -OCH3 is 1. The molecule has 2 heterocycles. The van der Waals surface area contributed by atoms with Gasteiger partial charge in [-0.25, -0.2) is 18.6 Å². The number of amides is 2. The zero-order valence-electron chi connectivity index (χ0n) is 19.1. The van der Waals surface area contributed by atoms with Gasteiger partial charge in [0.05, 0.1) is 36.8 Å². The van der Waals surface area contributed by atoms with E-state index in [2.05, 4.69) is 25.8 Å². The number of fused-ring (bicyclic) bond motifs is 1. The first kappa shape index (κ1) is 27.7. The van der Waals surface area contributed by atoms with Crippen molar-refractivity contribution in [1.29, 1.82) is 0 Å². The molecule has 1 aliphatic heterocycles. The fraction of sp³-hybridized carbons (Fsp3) is 0.619. The Morgan fingerprint density at radius 2 is 1.97 bits per heavy atom. The zero-order valence-corrected chi connectivity index (χ0v) is 19.1. The number of aromatic nitrogens is 2. The predicted molar refractivity (Wildman–Crippen MR) is 116 cm³/mol. The van der Waals surface area contributed by atoms with Gasteiger partial charge in [-0.05, 0) is 37.6 Å². The summed E-state index contributed by atoms with van der Waals surface area (Å²) < 4.78 is 72.4. The Morgan fingerprint density at radius 1 is 1.26 bits per heavy atom. The van der Waals surface area contributed by atoms with Crippen LogP contribution in [0.3, 0.4) is 0 Å². The van der Waals surface area contributed by atoms with Gasteiger partial charge < -0.3 is 30.4 Å². The molecule has 13 heteroatoms. The monoisotopic (exact) mass is 495 g/mol. The Bertz CT molecular complexity index is 918. The number of carbonyl (C=O) groups excluding carboxylic acids is 1. The van der Waals surface area contributed by atoms with Crippen LogP contribution in [0.2, 0.25) is 0 Å². The number of carbonyl (C=O) groups is 1. The number of rotatable bonds is 7. The van der Waals surface area contributed by atoms with E-state index in [1.54, 1.807) is 25.3 Å². The lowest BCUT2D eigenvalue weighted by molar-refractivity contribution is -0.173. The van der Waals surface area contributed by atoms with Gasteiger partial charge in [-0.1, -0.05) is 6.07 Å². The van der Waals surface area contributed by atoms with Gasteiger partial charge >= 0.3 is 12.2 Å². The number of hydrogen-bond donors (Lipinski definition) is 3. The summed E-state index contributed by atoms with van der Waals surface area (Å²) >= 11 is 0. The molecule has 0 bridgehead atoms. The van der Waals surface area contributed by atoms with E-state index >= 15 is 0 Å². The van der Waals surface area contributed by atoms with E-state index in [4.69, 9.17) is 4.74 Å². The van der Waals surface area contributed by atoms with Crippen molar-refractivity contribution in [1.82, 2.24) is 20.2 Å². The summed E-state index contributed by atoms with van der Waals surface area (Å²) in [5.74, 6) is -2.54. The molecular formula is C21H30F5N5O3. The van der Waals surface area contributed by atoms with Crippen molar-refractivity contribution < 1.29 is 36.2 Å². The first-order valence-corrected chi connectivity index (χ1v) is 10.7. The molecule has 0 unspecified atom stereocenters. The second kappa shape index (κ2) is 12.3. The lowest BCUT2D eigenvalue weighted by Gasteiger charge is -2.32. The Kier molecular flexibility index (Phi) is 10.0. The van der Waals surface area contributed by atoms with Crippen LogP contribution >= 0.6 is 0 Å². The second-order valence-corrected chi connectivity index (χ2v) is 7.76. The molecule has 1 aromatic carbocycles. The Labute approximate surface area is 194 Å². The summed E-state index contributed by atoms with van der Waals surface area (Å²) in [6, 6.07) is 4.42. The molecule has 0 spiro atoms. The largest absolute Gasteiger partial charge is 0.411 e. The van der Waals surface area contributed by atoms with Crippen LogP contribution in [-0.4, -0.2) is 79.6 Å². The van der Waals surface area contributed by atoms with Gasteiger partial charge in [0.1, 0.15) is 12.4 Å². The first-order chi connectivity index (χ1) is 16.0. The number of H-pyrrole nitrogens is 1. The molecule has 4 N–H and O–H groups in total. The van der Waals surface area contributed by atoms with Crippen molar-refractivity contribution in [3.8, 4) is 0 Å². The van der Waals surface area contributed by atoms with Crippen molar-refractivity contribution in [2.24, 2.45) is 5.73 Å². The Balaban J connectivity index is 0.000000507. The number of nitrogens with one attached hydrogen (secondary N) is 2. The molecular weight excluding hydrogens is 465 g/mol. The third-order valence-electron chi connectivity index (χ3n) is 4.78. The highest BCUT2D eigenvalue weighted by Crippen LogP contribution is 2.22. The summed E-state index contributed by atoms with van der Waals surface area (Å²) in [6.07, 6.45) is -0.997. The molecule has 1 saturated carbocycles. The minimum atomic E-state index is -4.37. The van der Waals surface area contributed by atoms with Gasteiger partial charge in [0.25, 0.3) is 5.92 Å². The van der Waals surface area contributed by atoms with E-state index in [-0.39, 0.29) is 19.6 Å². The molecule has 4 rings (SSSR count). The van der Waals surface area contributed by atoms with Crippen molar-refractivity contribution in [3.63, 3.8) is 0 Å². The minimum absolute atomic E-state index is 0.000407. The van der Waals surface area contributed by atoms with Crippen LogP contribution in [0.1, 0.15) is 24.2 Å². The molecule has 0 radical (unpaired) electrons. The summed E-state index contributed by atoms with van der Waals surface area (Å²) in [7, 11) is 3.26. The first-order valence-electron chi connectivity index (χ1n) is 10.7. The van der Waals surface area contributed by atoms with Gasteiger partial charge in [-0.15, -0.1) is 0 Å². The van der Waals surface area contributed by atoms with Crippen molar-refractivity contribution in [3.05, 3.63) is 29.6 Å². The van der Waals surface area contributed by atoms with Crippen molar-refractivity contribution in [2.75, 3.05) is 40.5 Å². The fourth-order valence-electron chi connectivity index (χ4n) is 3.06. The molecule has 34 heavy (non-hydrogen) atoms. The SMILES string of the molecule is CN.COC1CC1.O=C1NCC(F)(F)CN1Cc1ccc2nc(CCOCC(F)(F)F)[nH]c2c1. The highest BCUT2D eigenvalue weighted by atomic mass is 19.4. The average Bonchev–Trinajstić information content (AvgIpc) is 3.54. The summed E-state index contributed by atoms with van der Waals surface area (Å²) in [5, 5.41) is 2.15. The predicted octanol–water partition coefficient (Wildman–Crippen LogP) is 3.21. The fourth-order valence-corrected chi connectivity index (χ4v) is 3.06. The molecule has 2 fully saturated rings. The molecule has 0 atom stereocenters.